The third-order valence-corrected chi connectivity index (χ3v) is 3.06. The van der Waals surface area contributed by atoms with Crippen molar-refractivity contribution in [3.63, 3.8) is 0 Å². The fraction of sp³-hybridized carbons (Fsp3) is 0.250. The standard InChI is InChI=1S/C12H12N6O2/c19-10-7-18(6-5-13-10)12(20)9-3-1-8(2-4-9)11-14-16-17-15-11/h1-4H,5-7H2,(H,13,19)(H,14,15,16,17). The maximum absolute atomic E-state index is 12.2. The van der Waals surface area contributed by atoms with Gasteiger partial charge in [0.05, 0.1) is 6.54 Å². The van der Waals surface area contributed by atoms with Crippen molar-refractivity contribution in [2.75, 3.05) is 19.6 Å². The van der Waals surface area contributed by atoms with Gasteiger partial charge >= 0.3 is 0 Å². The van der Waals surface area contributed by atoms with E-state index in [2.05, 4.69) is 25.9 Å². The molecule has 0 spiro atoms. The van der Waals surface area contributed by atoms with Gasteiger partial charge < -0.3 is 10.2 Å². The van der Waals surface area contributed by atoms with Gasteiger partial charge in [0.25, 0.3) is 5.91 Å². The normalized spacial score (nSPS) is 15.0. The molecule has 0 atom stereocenters. The fourth-order valence-corrected chi connectivity index (χ4v) is 2.04. The van der Waals surface area contributed by atoms with Crippen LogP contribution in [0.4, 0.5) is 0 Å². The largest absolute Gasteiger partial charge is 0.353 e. The maximum Gasteiger partial charge on any atom is 0.254 e. The molecule has 0 radical (unpaired) electrons. The first-order chi connectivity index (χ1) is 9.74. The number of benzene rings is 1. The predicted molar refractivity (Wildman–Crippen MR) is 68.5 cm³/mol. The zero-order chi connectivity index (χ0) is 13.9. The van der Waals surface area contributed by atoms with Crippen LogP contribution in [0.2, 0.25) is 0 Å². The van der Waals surface area contributed by atoms with E-state index >= 15 is 0 Å². The molecule has 0 unspecified atom stereocenters. The summed E-state index contributed by atoms with van der Waals surface area (Å²) in [6.45, 7) is 1.12. The Labute approximate surface area is 114 Å². The predicted octanol–water partition coefficient (Wildman–Crippen LogP) is -0.561. The Morgan fingerprint density at radius 1 is 1.25 bits per heavy atom. The summed E-state index contributed by atoms with van der Waals surface area (Å²) in [6.07, 6.45) is 0. The van der Waals surface area contributed by atoms with E-state index < -0.39 is 0 Å². The lowest BCUT2D eigenvalue weighted by atomic mass is 10.1. The van der Waals surface area contributed by atoms with Crippen molar-refractivity contribution in [2.24, 2.45) is 0 Å². The number of H-pyrrole nitrogens is 1. The van der Waals surface area contributed by atoms with Crippen molar-refractivity contribution in [2.45, 2.75) is 0 Å². The number of hydrogen-bond acceptors (Lipinski definition) is 5. The minimum atomic E-state index is -0.153. The number of rotatable bonds is 2. The summed E-state index contributed by atoms with van der Waals surface area (Å²) in [5, 5.41) is 16.3. The van der Waals surface area contributed by atoms with E-state index in [1.54, 1.807) is 24.3 Å². The molecule has 1 fully saturated rings. The van der Waals surface area contributed by atoms with E-state index in [1.807, 2.05) is 0 Å². The molecule has 20 heavy (non-hydrogen) atoms. The van der Waals surface area contributed by atoms with Crippen molar-refractivity contribution in [1.29, 1.82) is 0 Å². The number of hydrogen-bond donors (Lipinski definition) is 2. The van der Waals surface area contributed by atoms with Gasteiger partial charge in [0, 0.05) is 24.2 Å². The number of amides is 2. The van der Waals surface area contributed by atoms with Crippen molar-refractivity contribution in [3.05, 3.63) is 29.8 Å². The monoisotopic (exact) mass is 272 g/mol. The summed E-state index contributed by atoms with van der Waals surface area (Å²) < 4.78 is 0. The Morgan fingerprint density at radius 2 is 2.05 bits per heavy atom. The van der Waals surface area contributed by atoms with Crippen molar-refractivity contribution < 1.29 is 9.59 Å². The van der Waals surface area contributed by atoms with Gasteiger partial charge in [-0.15, -0.1) is 10.2 Å². The molecule has 0 bridgehead atoms. The Balaban J connectivity index is 1.77. The van der Waals surface area contributed by atoms with Crippen LogP contribution in [0, 0.1) is 0 Å². The summed E-state index contributed by atoms with van der Waals surface area (Å²) in [5.74, 6) is 0.189. The number of tetrazole rings is 1. The van der Waals surface area contributed by atoms with Crippen LogP contribution in [-0.2, 0) is 4.79 Å². The zero-order valence-electron chi connectivity index (χ0n) is 10.5. The molecule has 0 aliphatic carbocycles. The molecule has 102 valence electrons. The molecule has 1 aromatic heterocycles. The summed E-state index contributed by atoms with van der Waals surface area (Å²) in [6, 6.07) is 6.89. The molecule has 2 heterocycles. The number of carbonyl (C=O) groups is 2. The molecule has 1 aliphatic heterocycles. The first-order valence-electron chi connectivity index (χ1n) is 6.14. The van der Waals surface area contributed by atoms with Crippen molar-refractivity contribution in [3.8, 4) is 11.4 Å². The second-order valence-corrected chi connectivity index (χ2v) is 4.39. The third-order valence-electron chi connectivity index (χ3n) is 3.06. The van der Waals surface area contributed by atoms with Crippen LogP contribution >= 0.6 is 0 Å². The van der Waals surface area contributed by atoms with Crippen LogP contribution in [0.15, 0.2) is 24.3 Å². The third kappa shape index (κ3) is 2.35. The van der Waals surface area contributed by atoms with Crippen molar-refractivity contribution >= 4 is 11.8 Å². The van der Waals surface area contributed by atoms with Gasteiger partial charge in [0.2, 0.25) is 11.7 Å². The molecule has 2 N–H and O–H groups in total. The highest BCUT2D eigenvalue weighted by atomic mass is 16.2. The summed E-state index contributed by atoms with van der Waals surface area (Å²) in [4.78, 5) is 25.1. The number of aromatic amines is 1. The minimum absolute atomic E-state index is 0.103. The molecule has 8 nitrogen and oxygen atoms in total. The lowest BCUT2D eigenvalue weighted by Gasteiger charge is -2.26. The second kappa shape index (κ2) is 5.08. The first kappa shape index (κ1) is 12.3. The lowest BCUT2D eigenvalue weighted by Crippen LogP contribution is -2.49. The van der Waals surface area contributed by atoms with Gasteiger partial charge in [-0.2, -0.15) is 5.21 Å². The molecular weight excluding hydrogens is 260 g/mol. The molecule has 8 heteroatoms. The molecule has 1 aliphatic rings. The molecule has 2 aromatic rings. The molecular formula is C12H12N6O2. The minimum Gasteiger partial charge on any atom is -0.353 e. The highest BCUT2D eigenvalue weighted by Gasteiger charge is 2.22. The van der Waals surface area contributed by atoms with Gasteiger partial charge in [-0.1, -0.05) is 12.1 Å². The number of nitrogens with one attached hydrogen (secondary N) is 2. The van der Waals surface area contributed by atoms with E-state index in [0.29, 0.717) is 24.5 Å². The van der Waals surface area contributed by atoms with Gasteiger partial charge in [0.1, 0.15) is 0 Å². The average Bonchev–Trinajstić information content (AvgIpc) is 3.01. The zero-order valence-corrected chi connectivity index (χ0v) is 10.5. The molecule has 3 rings (SSSR count). The van der Waals surface area contributed by atoms with Gasteiger partial charge in [0.15, 0.2) is 0 Å². The Kier molecular flexibility index (Phi) is 3.12. The van der Waals surface area contributed by atoms with Crippen molar-refractivity contribution in [1.82, 2.24) is 30.8 Å². The summed E-state index contributed by atoms with van der Waals surface area (Å²) >= 11 is 0. The van der Waals surface area contributed by atoms with Gasteiger partial charge in [-0.25, -0.2) is 0 Å². The Morgan fingerprint density at radius 3 is 2.70 bits per heavy atom. The number of nitrogens with zero attached hydrogens (tertiary/aromatic N) is 4. The number of carbonyl (C=O) groups excluding carboxylic acids is 2. The number of piperazine rings is 1. The van der Waals surface area contributed by atoms with Crippen LogP contribution in [0.25, 0.3) is 11.4 Å². The average molecular weight is 272 g/mol. The maximum atomic E-state index is 12.2. The summed E-state index contributed by atoms with van der Waals surface area (Å²) in [7, 11) is 0. The molecule has 1 aromatic carbocycles. The van der Waals surface area contributed by atoms with E-state index in [9.17, 15) is 9.59 Å². The fourth-order valence-electron chi connectivity index (χ4n) is 2.04. The SMILES string of the molecule is O=C1CN(C(=O)c2ccc(-c3nn[nH]n3)cc2)CCN1. The summed E-state index contributed by atoms with van der Waals surface area (Å²) in [5.41, 5.74) is 1.30. The Bertz CT molecular complexity index is 622. The highest BCUT2D eigenvalue weighted by molar-refractivity contribution is 5.97. The number of aromatic nitrogens is 4. The van der Waals surface area contributed by atoms with Gasteiger partial charge in [-0.3, -0.25) is 9.59 Å². The lowest BCUT2D eigenvalue weighted by molar-refractivity contribution is -0.123. The molecule has 2 amide bonds. The van der Waals surface area contributed by atoms with Crippen LogP contribution in [0.1, 0.15) is 10.4 Å². The quantitative estimate of drug-likeness (QED) is 0.762. The first-order valence-corrected chi connectivity index (χ1v) is 6.14. The van der Waals surface area contributed by atoms with E-state index in [4.69, 9.17) is 0 Å². The Hall–Kier alpha value is -2.77. The van der Waals surface area contributed by atoms with Crippen LogP contribution in [0.3, 0.4) is 0 Å². The molecule has 1 saturated heterocycles. The van der Waals surface area contributed by atoms with Crippen LogP contribution in [0.5, 0.6) is 0 Å². The topological polar surface area (TPSA) is 104 Å². The van der Waals surface area contributed by atoms with E-state index in [-0.39, 0.29) is 18.4 Å². The van der Waals surface area contributed by atoms with E-state index in [1.165, 1.54) is 4.90 Å². The smallest absolute Gasteiger partial charge is 0.254 e. The van der Waals surface area contributed by atoms with E-state index in [0.717, 1.165) is 5.56 Å². The second-order valence-electron chi connectivity index (χ2n) is 4.39. The molecule has 0 saturated carbocycles. The van der Waals surface area contributed by atoms with Crippen LogP contribution < -0.4 is 5.32 Å². The highest BCUT2D eigenvalue weighted by Crippen LogP contribution is 2.15. The van der Waals surface area contributed by atoms with Crippen LogP contribution in [-0.4, -0.2) is 57.0 Å². The van der Waals surface area contributed by atoms with Gasteiger partial charge in [-0.05, 0) is 17.3 Å².